The van der Waals surface area contributed by atoms with Crippen LogP contribution in [0.3, 0.4) is 0 Å². The molecule has 0 saturated carbocycles. The molecule has 0 spiro atoms. The number of hydrogen-bond donors (Lipinski definition) is 1. The summed E-state index contributed by atoms with van der Waals surface area (Å²) in [7, 11) is 0. The molecular formula is C15H17ClFN3. The zero-order valence-corrected chi connectivity index (χ0v) is 12.5. The first kappa shape index (κ1) is 14.7. The van der Waals surface area contributed by atoms with E-state index in [2.05, 4.69) is 15.3 Å². The Morgan fingerprint density at radius 2 is 1.95 bits per heavy atom. The fourth-order valence-electron chi connectivity index (χ4n) is 1.85. The first-order valence-electron chi connectivity index (χ1n) is 6.59. The van der Waals surface area contributed by atoms with E-state index in [4.69, 9.17) is 11.6 Å². The lowest BCUT2D eigenvalue weighted by Crippen LogP contribution is -2.05. The van der Waals surface area contributed by atoms with Crippen molar-refractivity contribution in [1.29, 1.82) is 0 Å². The van der Waals surface area contributed by atoms with Crippen LogP contribution in [-0.2, 0) is 0 Å². The van der Waals surface area contributed by atoms with Crippen molar-refractivity contribution < 1.29 is 4.39 Å². The highest BCUT2D eigenvalue weighted by Crippen LogP contribution is 2.26. The first-order chi connectivity index (χ1) is 9.49. The maximum absolute atomic E-state index is 13.5. The summed E-state index contributed by atoms with van der Waals surface area (Å²) in [4.78, 5) is 8.94. The van der Waals surface area contributed by atoms with Crippen molar-refractivity contribution in [2.75, 3.05) is 11.9 Å². The Morgan fingerprint density at radius 1 is 1.20 bits per heavy atom. The molecule has 0 atom stereocenters. The lowest BCUT2D eigenvalue weighted by Gasteiger charge is -2.11. The summed E-state index contributed by atoms with van der Waals surface area (Å²) in [6.07, 6.45) is 0. The molecule has 0 amide bonds. The number of nitrogens with zero attached hydrogens (tertiary/aromatic N) is 2. The van der Waals surface area contributed by atoms with Crippen molar-refractivity contribution in [2.24, 2.45) is 0 Å². The van der Waals surface area contributed by atoms with Gasteiger partial charge in [0.2, 0.25) is 0 Å². The van der Waals surface area contributed by atoms with Gasteiger partial charge in [-0.2, -0.15) is 0 Å². The lowest BCUT2D eigenvalue weighted by atomic mass is 10.1. The molecule has 5 heteroatoms. The fraction of sp³-hybridized carbons (Fsp3) is 0.333. The normalized spacial score (nSPS) is 10.9. The van der Waals surface area contributed by atoms with Crippen LogP contribution in [0.25, 0.3) is 11.3 Å². The summed E-state index contributed by atoms with van der Waals surface area (Å²) in [5.74, 6) is 1.28. The largest absolute Gasteiger partial charge is 0.370 e. The van der Waals surface area contributed by atoms with Crippen molar-refractivity contribution in [3.63, 3.8) is 0 Å². The van der Waals surface area contributed by atoms with Crippen LogP contribution in [0.15, 0.2) is 24.3 Å². The maximum Gasteiger partial charge on any atom is 0.133 e. The van der Waals surface area contributed by atoms with Gasteiger partial charge in [0.1, 0.15) is 17.5 Å². The van der Waals surface area contributed by atoms with Gasteiger partial charge in [-0.25, -0.2) is 14.4 Å². The number of anilines is 1. The van der Waals surface area contributed by atoms with Gasteiger partial charge in [0, 0.05) is 29.1 Å². The third kappa shape index (κ3) is 3.45. The third-order valence-electron chi connectivity index (χ3n) is 2.78. The van der Waals surface area contributed by atoms with Gasteiger partial charge in [-0.1, -0.05) is 25.4 Å². The van der Waals surface area contributed by atoms with Crippen molar-refractivity contribution in [3.8, 4) is 11.3 Å². The molecule has 0 unspecified atom stereocenters. The molecule has 106 valence electrons. The molecule has 2 aromatic rings. The monoisotopic (exact) mass is 293 g/mol. The van der Waals surface area contributed by atoms with E-state index in [1.807, 2.05) is 20.8 Å². The summed E-state index contributed by atoms with van der Waals surface area (Å²) in [6, 6.07) is 6.21. The van der Waals surface area contributed by atoms with Crippen molar-refractivity contribution in [2.45, 2.75) is 26.7 Å². The van der Waals surface area contributed by atoms with Gasteiger partial charge in [-0.05, 0) is 25.1 Å². The molecule has 20 heavy (non-hydrogen) atoms. The van der Waals surface area contributed by atoms with E-state index < -0.39 is 0 Å². The van der Waals surface area contributed by atoms with Crippen LogP contribution in [0.2, 0.25) is 5.02 Å². The first-order valence-corrected chi connectivity index (χ1v) is 6.96. The molecule has 0 saturated heterocycles. The molecule has 0 bridgehead atoms. The Labute approximate surface area is 123 Å². The van der Waals surface area contributed by atoms with Crippen LogP contribution in [0.1, 0.15) is 32.5 Å². The highest BCUT2D eigenvalue weighted by Gasteiger charge is 2.10. The minimum atomic E-state index is -0.373. The number of halogens is 2. The summed E-state index contributed by atoms with van der Waals surface area (Å²) in [5, 5.41) is 3.52. The molecule has 3 nitrogen and oxygen atoms in total. The fourth-order valence-corrected chi connectivity index (χ4v) is 2.07. The minimum absolute atomic E-state index is 0.191. The van der Waals surface area contributed by atoms with Crippen molar-refractivity contribution >= 4 is 17.4 Å². The second kappa shape index (κ2) is 6.18. The summed E-state index contributed by atoms with van der Waals surface area (Å²) in [6.45, 7) is 6.80. The zero-order valence-electron chi connectivity index (χ0n) is 11.7. The molecule has 1 N–H and O–H groups in total. The molecule has 0 fully saturated rings. The van der Waals surface area contributed by atoms with E-state index in [9.17, 15) is 4.39 Å². The Balaban J connectivity index is 2.54. The predicted molar refractivity (Wildman–Crippen MR) is 80.7 cm³/mol. The SMILES string of the molecule is CCNc1cc(-c2cc(F)cc(Cl)c2)nc(C(C)C)n1. The van der Waals surface area contributed by atoms with Crippen molar-refractivity contribution in [3.05, 3.63) is 40.9 Å². The van der Waals surface area contributed by atoms with Gasteiger partial charge in [-0.3, -0.25) is 0 Å². The topological polar surface area (TPSA) is 37.8 Å². The van der Waals surface area contributed by atoms with Crippen LogP contribution in [0.4, 0.5) is 10.2 Å². The third-order valence-corrected chi connectivity index (χ3v) is 2.99. The number of aromatic nitrogens is 2. The van der Waals surface area contributed by atoms with Gasteiger partial charge < -0.3 is 5.32 Å². The van der Waals surface area contributed by atoms with Crippen LogP contribution < -0.4 is 5.32 Å². The molecule has 1 aromatic heterocycles. The van der Waals surface area contributed by atoms with Gasteiger partial charge in [0.05, 0.1) is 5.69 Å². The van der Waals surface area contributed by atoms with Crippen LogP contribution in [-0.4, -0.2) is 16.5 Å². The molecule has 2 rings (SSSR count). The second-order valence-corrected chi connectivity index (χ2v) is 5.28. The van der Waals surface area contributed by atoms with Crippen LogP contribution in [0.5, 0.6) is 0 Å². The standard InChI is InChI=1S/C15H17ClFN3/c1-4-18-14-8-13(19-15(20-14)9(2)3)10-5-11(16)7-12(17)6-10/h5-9H,4H2,1-3H3,(H,18,19,20). The lowest BCUT2D eigenvalue weighted by molar-refractivity contribution is 0.628. The summed E-state index contributed by atoms with van der Waals surface area (Å²) >= 11 is 5.90. The molecule has 0 aliphatic carbocycles. The molecule has 1 aromatic carbocycles. The van der Waals surface area contributed by atoms with E-state index in [-0.39, 0.29) is 11.7 Å². The Bertz CT molecular complexity index is 594. The summed E-state index contributed by atoms with van der Waals surface area (Å²) < 4.78 is 13.5. The molecular weight excluding hydrogens is 277 g/mol. The van der Waals surface area contributed by atoms with E-state index in [1.54, 1.807) is 12.1 Å². The predicted octanol–water partition coefficient (Wildman–Crippen LogP) is 4.49. The molecule has 1 heterocycles. The van der Waals surface area contributed by atoms with Gasteiger partial charge in [-0.15, -0.1) is 0 Å². The maximum atomic E-state index is 13.5. The quantitative estimate of drug-likeness (QED) is 0.902. The number of hydrogen-bond acceptors (Lipinski definition) is 3. The van der Waals surface area contributed by atoms with Gasteiger partial charge in [0.25, 0.3) is 0 Å². The minimum Gasteiger partial charge on any atom is -0.370 e. The zero-order chi connectivity index (χ0) is 14.7. The number of nitrogens with one attached hydrogen (secondary N) is 1. The summed E-state index contributed by atoms with van der Waals surface area (Å²) in [5.41, 5.74) is 1.32. The highest BCUT2D eigenvalue weighted by molar-refractivity contribution is 6.30. The highest BCUT2D eigenvalue weighted by atomic mass is 35.5. The van der Waals surface area contributed by atoms with E-state index in [1.165, 1.54) is 12.1 Å². The Morgan fingerprint density at radius 3 is 2.55 bits per heavy atom. The molecule has 0 radical (unpaired) electrons. The Kier molecular flexibility index (Phi) is 4.55. The van der Waals surface area contributed by atoms with Crippen LogP contribution in [0, 0.1) is 5.82 Å². The number of rotatable bonds is 4. The van der Waals surface area contributed by atoms with Gasteiger partial charge in [0.15, 0.2) is 0 Å². The second-order valence-electron chi connectivity index (χ2n) is 4.84. The smallest absolute Gasteiger partial charge is 0.133 e. The van der Waals surface area contributed by atoms with E-state index in [0.29, 0.717) is 16.3 Å². The van der Waals surface area contributed by atoms with E-state index >= 15 is 0 Å². The van der Waals surface area contributed by atoms with E-state index in [0.717, 1.165) is 18.2 Å². The van der Waals surface area contributed by atoms with Crippen LogP contribution >= 0.6 is 11.6 Å². The average molecular weight is 294 g/mol. The molecule has 0 aliphatic heterocycles. The van der Waals surface area contributed by atoms with Gasteiger partial charge >= 0.3 is 0 Å². The average Bonchev–Trinajstić information content (AvgIpc) is 2.37. The number of benzene rings is 1. The molecule has 0 aliphatic rings. The Hall–Kier alpha value is -1.68. The van der Waals surface area contributed by atoms with Crippen molar-refractivity contribution in [1.82, 2.24) is 9.97 Å².